The number of aryl methyl sites for hydroxylation is 1. The molecule has 4 unspecified atom stereocenters. The first-order valence-electron chi connectivity index (χ1n) is 9.15. The number of hydrogen-bond donors (Lipinski definition) is 1. The van der Waals surface area contributed by atoms with Gasteiger partial charge in [-0.15, -0.1) is 0 Å². The molecule has 3 aliphatic rings. The van der Waals surface area contributed by atoms with Crippen molar-refractivity contribution in [1.82, 2.24) is 10.6 Å². The number of aromatic nitrogens is 1. The van der Waals surface area contributed by atoms with Gasteiger partial charge in [-0.05, 0) is 12.5 Å². The van der Waals surface area contributed by atoms with Crippen LogP contribution >= 0.6 is 0 Å². The monoisotopic (exact) mass is 381 g/mol. The SMILES string of the molecule is Cc1cc(N2CC34C=CC(O3)C(C(=O)NOCc3ccccc3)C4C2=O)no1. The third-order valence-corrected chi connectivity index (χ3v) is 5.55. The van der Waals surface area contributed by atoms with Crippen molar-refractivity contribution in [1.29, 1.82) is 0 Å². The summed E-state index contributed by atoms with van der Waals surface area (Å²) in [7, 11) is 0. The molecule has 0 saturated carbocycles. The molecule has 1 aromatic carbocycles. The first-order valence-corrected chi connectivity index (χ1v) is 9.15. The number of hydroxylamine groups is 1. The van der Waals surface area contributed by atoms with Crippen LogP contribution in [-0.2, 0) is 25.8 Å². The summed E-state index contributed by atoms with van der Waals surface area (Å²) >= 11 is 0. The highest BCUT2D eigenvalue weighted by Crippen LogP contribution is 2.52. The van der Waals surface area contributed by atoms with E-state index in [1.165, 1.54) is 4.90 Å². The van der Waals surface area contributed by atoms with Crippen LogP contribution in [0.1, 0.15) is 11.3 Å². The minimum Gasteiger partial charge on any atom is -0.360 e. The van der Waals surface area contributed by atoms with Crippen LogP contribution in [0.3, 0.4) is 0 Å². The van der Waals surface area contributed by atoms with E-state index in [1.54, 1.807) is 13.0 Å². The minimum atomic E-state index is -0.809. The maximum atomic E-state index is 13.1. The third-order valence-electron chi connectivity index (χ3n) is 5.55. The molecule has 28 heavy (non-hydrogen) atoms. The van der Waals surface area contributed by atoms with E-state index in [1.807, 2.05) is 42.5 Å². The highest BCUT2D eigenvalue weighted by Gasteiger charge is 2.67. The fourth-order valence-electron chi connectivity index (χ4n) is 4.30. The number of nitrogens with one attached hydrogen (secondary N) is 1. The molecule has 1 spiro atoms. The van der Waals surface area contributed by atoms with Crippen LogP contribution in [0.25, 0.3) is 0 Å². The fraction of sp³-hybridized carbons (Fsp3) is 0.350. The molecule has 144 valence electrons. The Bertz CT molecular complexity index is 956. The Morgan fingerprint density at radius 1 is 1.39 bits per heavy atom. The van der Waals surface area contributed by atoms with Gasteiger partial charge in [0.15, 0.2) is 5.82 Å². The molecule has 2 saturated heterocycles. The Hall–Kier alpha value is -2.97. The highest BCUT2D eigenvalue weighted by atomic mass is 16.7. The predicted molar refractivity (Wildman–Crippen MR) is 96.7 cm³/mol. The predicted octanol–water partition coefficient (Wildman–Crippen LogP) is 1.52. The normalized spacial score (nSPS) is 30.1. The van der Waals surface area contributed by atoms with Gasteiger partial charge in [0.25, 0.3) is 5.91 Å². The highest BCUT2D eigenvalue weighted by molar-refractivity contribution is 6.02. The Labute approximate surface area is 161 Å². The van der Waals surface area contributed by atoms with Gasteiger partial charge in [0.1, 0.15) is 11.4 Å². The van der Waals surface area contributed by atoms with E-state index >= 15 is 0 Å². The number of nitrogens with zero attached hydrogens (tertiary/aromatic N) is 2. The maximum Gasteiger partial charge on any atom is 0.250 e. The fourth-order valence-corrected chi connectivity index (χ4v) is 4.30. The zero-order valence-electron chi connectivity index (χ0n) is 15.2. The summed E-state index contributed by atoms with van der Waals surface area (Å²) in [5.74, 6) is -0.758. The molecule has 5 rings (SSSR count). The van der Waals surface area contributed by atoms with Crippen molar-refractivity contribution in [2.45, 2.75) is 25.2 Å². The average molecular weight is 381 g/mol. The summed E-state index contributed by atoms with van der Waals surface area (Å²) in [6.07, 6.45) is 3.31. The van der Waals surface area contributed by atoms with Gasteiger partial charge in [-0.1, -0.05) is 47.6 Å². The Morgan fingerprint density at radius 2 is 2.21 bits per heavy atom. The molecular formula is C20H19N3O5. The zero-order valence-corrected chi connectivity index (χ0v) is 15.2. The summed E-state index contributed by atoms with van der Waals surface area (Å²) in [5.41, 5.74) is 2.62. The van der Waals surface area contributed by atoms with Crippen LogP contribution in [0.5, 0.6) is 0 Å². The molecule has 2 fully saturated rings. The lowest BCUT2D eigenvalue weighted by Crippen LogP contribution is -2.44. The van der Waals surface area contributed by atoms with Crippen molar-refractivity contribution >= 4 is 17.6 Å². The van der Waals surface area contributed by atoms with Gasteiger partial charge in [0.2, 0.25) is 5.91 Å². The van der Waals surface area contributed by atoms with Crippen LogP contribution in [0, 0.1) is 18.8 Å². The van der Waals surface area contributed by atoms with Crippen molar-refractivity contribution in [3.05, 3.63) is 59.9 Å². The Kier molecular flexibility index (Phi) is 3.85. The number of ether oxygens (including phenoxy) is 1. The summed E-state index contributed by atoms with van der Waals surface area (Å²) in [5, 5.41) is 3.93. The molecule has 2 amide bonds. The number of rotatable bonds is 5. The summed E-state index contributed by atoms with van der Waals surface area (Å²) < 4.78 is 11.2. The number of carbonyl (C=O) groups is 2. The Morgan fingerprint density at radius 3 is 2.96 bits per heavy atom. The quantitative estimate of drug-likeness (QED) is 0.623. The number of fused-ring (bicyclic) bond motifs is 1. The topological polar surface area (TPSA) is 93.9 Å². The number of carbonyl (C=O) groups excluding carboxylic acids is 2. The summed E-state index contributed by atoms with van der Waals surface area (Å²) in [6.45, 7) is 2.32. The Balaban J connectivity index is 1.31. The minimum absolute atomic E-state index is 0.191. The van der Waals surface area contributed by atoms with E-state index in [0.29, 0.717) is 18.1 Å². The van der Waals surface area contributed by atoms with E-state index in [-0.39, 0.29) is 18.4 Å². The summed E-state index contributed by atoms with van der Waals surface area (Å²) in [6, 6.07) is 11.2. The van der Waals surface area contributed by atoms with Crippen molar-refractivity contribution < 1.29 is 23.7 Å². The standard InChI is InChI=1S/C20H19N3O5/c1-12-9-15(21-28-12)23-11-20-8-7-14(27-20)16(17(20)19(23)25)18(24)22-26-10-13-5-3-2-4-6-13/h2-9,14,16-17H,10-11H2,1H3,(H,22,24). The molecule has 4 heterocycles. The molecule has 2 bridgehead atoms. The van der Waals surface area contributed by atoms with Gasteiger partial charge in [-0.3, -0.25) is 19.3 Å². The zero-order chi connectivity index (χ0) is 19.3. The molecule has 0 aliphatic carbocycles. The number of anilines is 1. The van der Waals surface area contributed by atoms with E-state index < -0.39 is 23.5 Å². The first kappa shape index (κ1) is 17.2. The third kappa shape index (κ3) is 2.56. The van der Waals surface area contributed by atoms with Gasteiger partial charge in [-0.2, -0.15) is 0 Å². The summed E-state index contributed by atoms with van der Waals surface area (Å²) in [4.78, 5) is 32.8. The molecule has 4 atom stereocenters. The lowest BCUT2D eigenvalue weighted by atomic mass is 9.77. The molecule has 1 N–H and O–H groups in total. The van der Waals surface area contributed by atoms with E-state index in [9.17, 15) is 9.59 Å². The average Bonchev–Trinajstić information content (AvgIpc) is 3.44. The maximum absolute atomic E-state index is 13.1. The molecule has 2 aromatic rings. The number of amides is 2. The first-order chi connectivity index (χ1) is 13.6. The second-order valence-electron chi connectivity index (χ2n) is 7.36. The van der Waals surface area contributed by atoms with Gasteiger partial charge in [0, 0.05) is 6.07 Å². The van der Waals surface area contributed by atoms with Gasteiger partial charge in [0.05, 0.1) is 31.1 Å². The molecular weight excluding hydrogens is 362 g/mol. The molecule has 0 radical (unpaired) electrons. The molecule has 3 aliphatic heterocycles. The lowest BCUT2D eigenvalue weighted by Gasteiger charge is -2.23. The smallest absolute Gasteiger partial charge is 0.250 e. The lowest BCUT2D eigenvalue weighted by molar-refractivity contribution is -0.143. The van der Waals surface area contributed by atoms with E-state index in [4.69, 9.17) is 14.1 Å². The van der Waals surface area contributed by atoms with Crippen LogP contribution in [0.15, 0.2) is 53.1 Å². The van der Waals surface area contributed by atoms with Crippen LogP contribution in [0.4, 0.5) is 5.82 Å². The second-order valence-corrected chi connectivity index (χ2v) is 7.36. The van der Waals surface area contributed by atoms with Gasteiger partial charge in [-0.25, -0.2) is 5.48 Å². The molecule has 8 heteroatoms. The van der Waals surface area contributed by atoms with Crippen LogP contribution in [0.2, 0.25) is 0 Å². The van der Waals surface area contributed by atoms with Crippen LogP contribution < -0.4 is 10.4 Å². The van der Waals surface area contributed by atoms with Crippen molar-refractivity contribution in [3.63, 3.8) is 0 Å². The van der Waals surface area contributed by atoms with E-state index in [2.05, 4.69) is 10.6 Å². The van der Waals surface area contributed by atoms with Gasteiger partial charge >= 0.3 is 0 Å². The number of hydrogen-bond acceptors (Lipinski definition) is 6. The molecule has 1 aromatic heterocycles. The largest absolute Gasteiger partial charge is 0.360 e. The second kappa shape index (κ2) is 6.29. The van der Waals surface area contributed by atoms with Crippen molar-refractivity contribution in [2.24, 2.45) is 11.8 Å². The van der Waals surface area contributed by atoms with Crippen LogP contribution in [-0.4, -0.2) is 35.2 Å². The van der Waals surface area contributed by atoms with Gasteiger partial charge < -0.3 is 9.26 Å². The van der Waals surface area contributed by atoms with Crippen molar-refractivity contribution in [2.75, 3.05) is 11.4 Å². The number of benzene rings is 1. The van der Waals surface area contributed by atoms with Crippen molar-refractivity contribution in [3.8, 4) is 0 Å². The molecule has 8 nitrogen and oxygen atoms in total. The van der Waals surface area contributed by atoms with E-state index in [0.717, 1.165) is 5.56 Å².